The molecule has 0 aliphatic carbocycles. The molecule has 0 saturated carbocycles. The van der Waals surface area contributed by atoms with Gasteiger partial charge in [-0.15, -0.1) is 0 Å². The second kappa shape index (κ2) is 24.1. The van der Waals surface area contributed by atoms with Crippen molar-refractivity contribution in [3.05, 3.63) is 144 Å². The number of imidazole rings is 1. The van der Waals surface area contributed by atoms with Gasteiger partial charge in [-0.25, -0.2) is 19.6 Å². The Labute approximate surface area is 405 Å². The number of hydroxylamine groups is 2. The number of carbonyl (C=O) groups is 1. The van der Waals surface area contributed by atoms with Crippen molar-refractivity contribution in [1.29, 1.82) is 5.26 Å². The molecule has 1 N–H and O–H groups in total. The first-order valence-corrected chi connectivity index (χ1v) is 24.0. The standard InChI is InChI=1S/C51H61N8O9P/c1-35(2)59(36(3)4)69(66-29-15-28-52)68-45-43(32-64-51(38-18-13-10-14-19-38,39-20-24-41(61-7)25-21-39)40-22-26-42(62-8)27-23-40)67-50(46(45)63-30-31-65-57(5)6)58-34-55-44-47(53-33-54-48(44)58)56-49(60)37-16-11-9-12-17-37/h9-14,16-27,33-36,43,45-46,50H,15,29-32H2,1-8H3,(H,53,54,56,60)/t43-,45-,46-,50-,69?/m1/s1. The van der Waals surface area contributed by atoms with E-state index in [4.69, 9.17) is 42.6 Å². The van der Waals surface area contributed by atoms with Crippen LogP contribution in [0.25, 0.3) is 11.2 Å². The number of nitriles is 1. The first kappa shape index (κ1) is 51.0. The molecule has 0 spiro atoms. The molecule has 18 heteroatoms. The van der Waals surface area contributed by atoms with Crippen LogP contribution in [-0.4, -0.2) is 120 Å². The van der Waals surface area contributed by atoms with Gasteiger partial charge in [-0.2, -0.15) is 10.3 Å². The number of aromatic nitrogens is 4. The van der Waals surface area contributed by atoms with Crippen LogP contribution in [-0.2, 0) is 33.7 Å². The van der Waals surface area contributed by atoms with E-state index >= 15 is 0 Å². The second-order valence-electron chi connectivity index (χ2n) is 16.8. The highest BCUT2D eigenvalue weighted by atomic mass is 31.2. The summed E-state index contributed by atoms with van der Waals surface area (Å²) in [5, 5.41) is 14.1. The van der Waals surface area contributed by atoms with Gasteiger partial charge in [-0.05, 0) is 80.8 Å². The predicted molar refractivity (Wildman–Crippen MR) is 261 cm³/mol. The Hall–Kier alpha value is -5.90. The summed E-state index contributed by atoms with van der Waals surface area (Å²) in [7, 11) is 5.03. The predicted octanol–water partition coefficient (Wildman–Crippen LogP) is 8.54. The molecule has 364 valence electrons. The first-order valence-electron chi connectivity index (χ1n) is 22.8. The normalized spacial score (nSPS) is 17.7. The number of rotatable bonds is 24. The Bertz CT molecular complexity index is 2530. The molecule has 69 heavy (non-hydrogen) atoms. The molecule has 6 aromatic rings. The fourth-order valence-electron chi connectivity index (χ4n) is 8.35. The van der Waals surface area contributed by atoms with Gasteiger partial charge >= 0.3 is 0 Å². The zero-order chi connectivity index (χ0) is 48.9. The van der Waals surface area contributed by atoms with Crippen molar-refractivity contribution in [1.82, 2.24) is 29.3 Å². The van der Waals surface area contributed by atoms with Gasteiger partial charge in [0.05, 0.1) is 59.5 Å². The van der Waals surface area contributed by atoms with Gasteiger partial charge in [-0.1, -0.05) is 72.8 Å². The molecule has 1 saturated heterocycles. The molecule has 1 unspecified atom stereocenters. The number of methoxy groups -OCH3 is 2. The van der Waals surface area contributed by atoms with Crippen molar-refractivity contribution >= 4 is 31.4 Å². The minimum absolute atomic E-state index is 0.00596. The lowest BCUT2D eigenvalue weighted by atomic mass is 9.80. The van der Waals surface area contributed by atoms with Crippen LogP contribution < -0.4 is 14.8 Å². The average Bonchev–Trinajstić information content (AvgIpc) is 3.95. The van der Waals surface area contributed by atoms with E-state index in [-0.39, 0.29) is 56.7 Å². The van der Waals surface area contributed by atoms with Gasteiger partial charge in [-0.3, -0.25) is 14.2 Å². The van der Waals surface area contributed by atoms with E-state index in [1.807, 2.05) is 84.9 Å². The lowest BCUT2D eigenvalue weighted by Gasteiger charge is -2.39. The Morgan fingerprint density at radius 2 is 1.42 bits per heavy atom. The van der Waals surface area contributed by atoms with Crippen LogP contribution >= 0.6 is 8.53 Å². The molecule has 3 heterocycles. The molecule has 17 nitrogen and oxygen atoms in total. The van der Waals surface area contributed by atoms with Gasteiger partial charge in [0.1, 0.15) is 41.7 Å². The van der Waals surface area contributed by atoms with Crippen molar-refractivity contribution < 1.29 is 42.4 Å². The Balaban J connectivity index is 1.36. The van der Waals surface area contributed by atoms with E-state index in [1.54, 1.807) is 68.5 Å². The summed E-state index contributed by atoms with van der Waals surface area (Å²) < 4.78 is 50.5. The number of nitrogens with one attached hydrogen (secondary N) is 1. The summed E-state index contributed by atoms with van der Waals surface area (Å²) in [5.41, 5.74) is 2.48. The summed E-state index contributed by atoms with van der Waals surface area (Å²) in [6.45, 7) is 8.79. The van der Waals surface area contributed by atoms with E-state index < -0.39 is 38.7 Å². The molecular weight excluding hydrogens is 900 g/mol. The third-order valence-corrected chi connectivity index (χ3v) is 13.6. The minimum atomic E-state index is -1.84. The summed E-state index contributed by atoms with van der Waals surface area (Å²) in [6.07, 6.45) is -0.337. The van der Waals surface area contributed by atoms with E-state index in [0.717, 1.165) is 16.7 Å². The monoisotopic (exact) mass is 960 g/mol. The highest BCUT2D eigenvalue weighted by Gasteiger charge is 2.52. The number of amides is 1. The van der Waals surface area contributed by atoms with Crippen molar-refractivity contribution in [3.8, 4) is 17.6 Å². The van der Waals surface area contributed by atoms with Crippen LogP contribution in [0.1, 0.15) is 67.4 Å². The number of fused-ring (bicyclic) bond motifs is 1. The number of carbonyl (C=O) groups excluding carboxylic acids is 1. The van der Waals surface area contributed by atoms with E-state index in [0.29, 0.717) is 28.2 Å². The molecule has 1 fully saturated rings. The Kier molecular flexibility index (Phi) is 17.8. The fraction of sp³-hybridized carbons (Fsp3) is 0.392. The first-order chi connectivity index (χ1) is 33.5. The number of hydrogen-bond donors (Lipinski definition) is 1. The third kappa shape index (κ3) is 11.9. The summed E-state index contributed by atoms with van der Waals surface area (Å²) in [4.78, 5) is 33.0. The van der Waals surface area contributed by atoms with E-state index in [9.17, 15) is 10.1 Å². The Morgan fingerprint density at radius 3 is 2.00 bits per heavy atom. The smallest absolute Gasteiger partial charge is 0.259 e. The topological polar surface area (TPSA) is 177 Å². The highest BCUT2D eigenvalue weighted by Crippen LogP contribution is 2.51. The molecule has 0 radical (unpaired) electrons. The maximum atomic E-state index is 13.4. The van der Waals surface area contributed by atoms with Gasteiger partial charge in [0, 0.05) is 31.7 Å². The zero-order valence-corrected chi connectivity index (χ0v) is 41.2. The average molecular weight is 961 g/mol. The highest BCUT2D eigenvalue weighted by molar-refractivity contribution is 7.44. The summed E-state index contributed by atoms with van der Waals surface area (Å²) in [6, 6.07) is 36.7. The molecule has 7 rings (SSSR count). The van der Waals surface area contributed by atoms with Gasteiger partial charge in [0.15, 0.2) is 23.2 Å². The number of benzene rings is 4. The summed E-state index contributed by atoms with van der Waals surface area (Å²) in [5.74, 6) is 1.25. The van der Waals surface area contributed by atoms with Crippen molar-refractivity contribution in [2.75, 3.05) is 60.1 Å². The molecule has 5 atom stereocenters. The summed E-state index contributed by atoms with van der Waals surface area (Å²) >= 11 is 0. The molecule has 1 aliphatic heterocycles. The lowest BCUT2D eigenvalue weighted by molar-refractivity contribution is -0.150. The maximum absolute atomic E-state index is 13.4. The lowest BCUT2D eigenvalue weighted by Crippen LogP contribution is -2.43. The molecule has 4 aromatic carbocycles. The largest absolute Gasteiger partial charge is 0.497 e. The van der Waals surface area contributed by atoms with Crippen LogP contribution in [0.2, 0.25) is 0 Å². The maximum Gasteiger partial charge on any atom is 0.259 e. The fourth-order valence-corrected chi connectivity index (χ4v) is 10.1. The van der Waals surface area contributed by atoms with Crippen LogP contribution in [0.3, 0.4) is 0 Å². The quantitative estimate of drug-likeness (QED) is 0.0264. The van der Waals surface area contributed by atoms with Gasteiger partial charge < -0.3 is 38.0 Å². The Morgan fingerprint density at radius 1 is 0.812 bits per heavy atom. The number of hydrogen-bond acceptors (Lipinski definition) is 15. The van der Waals surface area contributed by atoms with Crippen molar-refractivity contribution in [2.45, 2.75) is 76.3 Å². The SMILES string of the molecule is COc1ccc(C(OC[C@H]2O[C@@H](n3cnc4c(NC(=O)c5ccccc5)ncnc43)[C@H](OCCON(C)C)[C@@H]2OP(OCCC#N)N(C(C)C)C(C)C)(c2ccccc2)c2ccc(OC)cc2)cc1. The number of anilines is 1. The third-order valence-electron chi connectivity index (χ3n) is 11.4. The zero-order valence-electron chi connectivity index (χ0n) is 40.3. The van der Waals surface area contributed by atoms with Gasteiger partial charge in [0.25, 0.3) is 14.4 Å². The molecule has 1 aliphatic rings. The van der Waals surface area contributed by atoms with Crippen molar-refractivity contribution in [3.63, 3.8) is 0 Å². The van der Waals surface area contributed by atoms with Crippen LogP contribution in [0.4, 0.5) is 5.82 Å². The van der Waals surface area contributed by atoms with Gasteiger partial charge in [0.2, 0.25) is 0 Å². The minimum Gasteiger partial charge on any atom is -0.497 e. The van der Waals surface area contributed by atoms with E-state index in [2.05, 4.69) is 53.7 Å². The van der Waals surface area contributed by atoms with E-state index in [1.165, 1.54) is 6.33 Å². The van der Waals surface area contributed by atoms with Crippen LogP contribution in [0.5, 0.6) is 11.5 Å². The van der Waals surface area contributed by atoms with Crippen LogP contribution in [0, 0.1) is 11.3 Å². The van der Waals surface area contributed by atoms with Crippen LogP contribution in [0.15, 0.2) is 122 Å². The molecule has 2 aromatic heterocycles. The molecule has 1 amide bonds. The van der Waals surface area contributed by atoms with Crippen molar-refractivity contribution in [2.24, 2.45) is 0 Å². The number of nitrogens with zero attached hydrogens (tertiary/aromatic N) is 7. The second-order valence-corrected chi connectivity index (χ2v) is 18.3. The molecule has 0 bridgehead atoms. The number of ether oxygens (including phenoxy) is 5. The molecular formula is C51H61N8O9P.